The van der Waals surface area contributed by atoms with Crippen LogP contribution in [0.4, 0.5) is 0 Å². The van der Waals surface area contributed by atoms with E-state index >= 15 is 0 Å². The molecule has 9 aromatic carbocycles. The van der Waals surface area contributed by atoms with Crippen molar-refractivity contribution >= 4 is 0 Å². The number of hydrogen-bond acceptors (Lipinski definition) is 3. The molecule has 0 atom stereocenters. The van der Waals surface area contributed by atoms with Crippen LogP contribution in [0.25, 0.3) is 101 Å². The fraction of sp³-hybridized carbons (Fsp3) is 0.0952. The molecule has 0 radical (unpaired) electrons. The Bertz CT molecular complexity index is 3250. The smallest absolute Gasteiger partial charge is 0.164 e. The van der Waals surface area contributed by atoms with Crippen LogP contribution in [0.5, 0.6) is 0 Å². The third kappa shape index (κ3) is 7.33. The first-order valence-corrected chi connectivity index (χ1v) is 23.3. The van der Waals surface area contributed by atoms with Gasteiger partial charge >= 0.3 is 0 Å². The second kappa shape index (κ2) is 16.8. The highest BCUT2D eigenvalue weighted by molar-refractivity contribution is 5.85. The Morgan fingerprint density at radius 1 is 0.242 bits per heavy atom. The largest absolute Gasteiger partial charge is 0.208 e. The van der Waals surface area contributed by atoms with Crippen LogP contribution in [0.1, 0.15) is 43.2 Å². The third-order valence-electron chi connectivity index (χ3n) is 14.0. The number of benzene rings is 9. The van der Waals surface area contributed by atoms with Gasteiger partial charge in [-0.1, -0.05) is 226 Å². The summed E-state index contributed by atoms with van der Waals surface area (Å²) >= 11 is 0. The van der Waals surface area contributed by atoms with E-state index in [-0.39, 0.29) is 5.41 Å². The second-order valence-corrected chi connectivity index (χ2v) is 17.9. The molecule has 66 heavy (non-hydrogen) atoms. The minimum Gasteiger partial charge on any atom is -0.208 e. The van der Waals surface area contributed by atoms with E-state index in [2.05, 4.69) is 212 Å². The van der Waals surface area contributed by atoms with Crippen LogP contribution in [0.2, 0.25) is 0 Å². The molecule has 0 unspecified atom stereocenters. The summed E-state index contributed by atoms with van der Waals surface area (Å²) in [5.41, 5.74) is 20.7. The van der Waals surface area contributed by atoms with Gasteiger partial charge in [0.1, 0.15) is 0 Å². The van der Waals surface area contributed by atoms with Gasteiger partial charge < -0.3 is 0 Å². The highest BCUT2D eigenvalue weighted by Gasteiger charge is 2.43. The van der Waals surface area contributed by atoms with E-state index in [9.17, 15) is 0 Å². The van der Waals surface area contributed by atoms with Crippen molar-refractivity contribution in [3.05, 3.63) is 236 Å². The number of fused-ring (bicyclic) bond motifs is 5. The predicted octanol–water partition coefficient (Wildman–Crippen LogP) is 16.4. The minimum atomic E-state index is 0.149. The van der Waals surface area contributed by atoms with Crippen molar-refractivity contribution < 1.29 is 0 Å². The Morgan fingerprint density at radius 2 is 0.591 bits per heavy atom. The Balaban J connectivity index is 0.856. The molecule has 1 aromatic heterocycles. The summed E-state index contributed by atoms with van der Waals surface area (Å²) in [6.45, 7) is 0. The van der Waals surface area contributed by atoms with Crippen molar-refractivity contribution in [2.24, 2.45) is 0 Å². The quantitative estimate of drug-likeness (QED) is 0.153. The maximum Gasteiger partial charge on any atom is 0.164 e. The standard InChI is InChI=1S/C63H47N3/c1-4-14-43(15-5-1)45-28-32-49(33-29-45)60-64-61(50-34-30-46(31-35-50)44-16-6-2-7-17-44)66-62(65-60)55-21-13-20-53(41-55)52-19-12-18-51(40-52)47-24-26-48(27-25-47)54-36-37-57-56-22-8-9-23-58(56)63(59(57)42-54)38-10-3-11-39-63/h1-2,4-9,12-37,40-42H,3,10-11,38-39H2. The van der Waals surface area contributed by atoms with Gasteiger partial charge in [-0.15, -0.1) is 0 Å². The molecule has 1 saturated carbocycles. The zero-order valence-corrected chi connectivity index (χ0v) is 36.7. The summed E-state index contributed by atoms with van der Waals surface area (Å²) < 4.78 is 0. The number of rotatable bonds is 8. The highest BCUT2D eigenvalue weighted by Crippen LogP contribution is 2.56. The average molecular weight is 846 g/mol. The molecule has 2 aliphatic carbocycles. The highest BCUT2D eigenvalue weighted by atomic mass is 15.0. The van der Waals surface area contributed by atoms with Gasteiger partial charge in [-0.3, -0.25) is 0 Å². The molecule has 10 aromatic rings. The Morgan fingerprint density at radius 3 is 1.14 bits per heavy atom. The van der Waals surface area contributed by atoms with E-state index in [0.29, 0.717) is 17.5 Å². The molecule has 1 heterocycles. The normalized spacial score (nSPS) is 13.6. The maximum absolute atomic E-state index is 5.13. The summed E-state index contributed by atoms with van der Waals surface area (Å²) in [7, 11) is 0. The monoisotopic (exact) mass is 845 g/mol. The van der Waals surface area contributed by atoms with Gasteiger partial charge in [0.25, 0.3) is 0 Å². The van der Waals surface area contributed by atoms with Gasteiger partial charge in [-0.2, -0.15) is 0 Å². The van der Waals surface area contributed by atoms with E-state index in [1.807, 2.05) is 12.1 Å². The lowest BCUT2D eigenvalue weighted by atomic mass is 9.67. The van der Waals surface area contributed by atoms with E-state index < -0.39 is 0 Å². The van der Waals surface area contributed by atoms with Crippen molar-refractivity contribution in [2.45, 2.75) is 37.5 Å². The van der Waals surface area contributed by atoms with Gasteiger partial charge in [0.15, 0.2) is 17.5 Å². The van der Waals surface area contributed by atoms with Gasteiger partial charge in [0.05, 0.1) is 0 Å². The van der Waals surface area contributed by atoms with Crippen LogP contribution < -0.4 is 0 Å². The zero-order chi connectivity index (χ0) is 43.9. The molecule has 3 heteroatoms. The van der Waals surface area contributed by atoms with Gasteiger partial charge in [-0.05, 0) is 109 Å². The van der Waals surface area contributed by atoms with Crippen LogP contribution in [0.3, 0.4) is 0 Å². The van der Waals surface area contributed by atoms with Crippen molar-refractivity contribution in [2.75, 3.05) is 0 Å². The van der Waals surface area contributed by atoms with Crippen LogP contribution in [-0.4, -0.2) is 15.0 Å². The number of hydrogen-bond donors (Lipinski definition) is 0. The first-order valence-electron chi connectivity index (χ1n) is 23.3. The summed E-state index contributed by atoms with van der Waals surface area (Å²) in [6, 6.07) is 80.8. The lowest BCUT2D eigenvalue weighted by Gasteiger charge is -2.36. The molecule has 0 bridgehead atoms. The Kier molecular flexibility index (Phi) is 10.1. The van der Waals surface area contributed by atoms with E-state index in [0.717, 1.165) is 38.9 Å². The summed E-state index contributed by atoms with van der Waals surface area (Å²) in [5, 5.41) is 0. The summed E-state index contributed by atoms with van der Waals surface area (Å²) in [6.07, 6.45) is 6.41. The Hall–Kier alpha value is -8.01. The summed E-state index contributed by atoms with van der Waals surface area (Å²) in [5.74, 6) is 1.90. The molecule has 0 saturated heterocycles. The number of aromatic nitrogens is 3. The van der Waals surface area contributed by atoms with Gasteiger partial charge in [0.2, 0.25) is 0 Å². The third-order valence-corrected chi connectivity index (χ3v) is 14.0. The van der Waals surface area contributed by atoms with Crippen molar-refractivity contribution in [1.82, 2.24) is 15.0 Å². The molecule has 2 aliphatic rings. The van der Waals surface area contributed by atoms with E-state index in [4.69, 9.17) is 15.0 Å². The van der Waals surface area contributed by atoms with Crippen molar-refractivity contribution in [1.29, 1.82) is 0 Å². The number of nitrogens with zero attached hydrogens (tertiary/aromatic N) is 3. The lowest BCUT2D eigenvalue weighted by molar-refractivity contribution is 0.353. The van der Waals surface area contributed by atoms with Crippen LogP contribution in [-0.2, 0) is 5.41 Å². The topological polar surface area (TPSA) is 38.7 Å². The average Bonchev–Trinajstić information content (AvgIpc) is 3.66. The molecule has 1 fully saturated rings. The van der Waals surface area contributed by atoms with Crippen LogP contribution in [0.15, 0.2) is 224 Å². The fourth-order valence-electron chi connectivity index (χ4n) is 10.5. The maximum atomic E-state index is 5.13. The molecular weight excluding hydrogens is 799 g/mol. The zero-order valence-electron chi connectivity index (χ0n) is 36.7. The first-order chi connectivity index (χ1) is 32.6. The van der Waals surface area contributed by atoms with Gasteiger partial charge in [0, 0.05) is 22.1 Å². The molecule has 0 amide bonds. The van der Waals surface area contributed by atoms with Crippen molar-refractivity contribution in [3.63, 3.8) is 0 Å². The predicted molar refractivity (Wildman–Crippen MR) is 273 cm³/mol. The summed E-state index contributed by atoms with van der Waals surface area (Å²) in [4.78, 5) is 15.3. The molecule has 3 nitrogen and oxygen atoms in total. The molecule has 0 N–H and O–H groups in total. The minimum absolute atomic E-state index is 0.149. The molecule has 1 spiro atoms. The SMILES string of the molecule is c1ccc(-c2ccc(-c3nc(-c4ccc(-c5ccccc5)cc4)nc(-c4cccc(-c5cccc(-c6ccc(-c7ccc8c(c7)C7(CCCCC7)c7ccccc7-8)cc6)c5)c4)n3)cc2)cc1. The van der Waals surface area contributed by atoms with Crippen molar-refractivity contribution in [3.8, 4) is 101 Å². The molecular formula is C63H47N3. The first kappa shape index (κ1) is 39.6. The van der Waals surface area contributed by atoms with E-state index in [1.165, 1.54) is 87.7 Å². The Labute approximate surface area is 387 Å². The molecule has 314 valence electrons. The van der Waals surface area contributed by atoms with Crippen LogP contribution in [0, 0.1) is 0 Å². The molecule has 0 aliphatic heterocycles. The van der Waals surface area contributed by atoms with E-state index in [1.54, 1.807) is 0 Å². The lowest BCUT2D eigenvalue weighted by Crippen LogP contribution is -2.28. The second-order valence-electron chi connectivity index (χ2n) is 17.9. The van der Waals surface area contributed by atoms with Gasteiger partial charge in [-0.25, -0.2) is 15.0 Å². The molecule has 12 rings (SSSR count). The van der Waals surface area contributed by atoms with Crippen LogP contribution >= 0.6 is 0 Å². The fourth-order valence-corrected chi connectivity index (χ4v) is 10.5.